The fourth-order valence-corrected chi connectivity index (χ4v) is 4.03. The SMILES string of the molecule is CC(C)Nc1nccc(-c2[nH]c(C3OCC(C)(C(=O)OC4(C(N)=O)CC4)CO3)nc2-c2ccc(F)cc2)n1. The summed E-state index contributed by atoms with van der Waals surface area (Å²) in [4.78, 5) is 41.3. The minimum atomic E-state index is -1.22. The van der Waals surface area contributed by atoms with Crippen LogP contribution in [0, 0.1) is 11.2 Å². The molecule has 3 aromatic rings. The van der Waals surface area contributed by atoms with Crippen molar-refractivity contribution in [1.82, 2.24) is 19.9 Å². The lowest BCUT2D eigenvalue weighted by atomic mass is 9.92. The lowest BCUT2D eigenvalue weighted by Crippen LogP contribution is -2.47. The molecule has 1 aromatic carbocycles. The van der Waals surface area contributed by atoms with Crippen LogP contribution in [0.25, 0.3) is 22.6 Å². The summed E-state index contributed by atoms with van der Waals surface area (Å²) in [6, 6.07) is 7.80. The molecule has 0 radical (unpaired) electrons. The van der Waals surface area contributed by atoms with Crippen molar-refractivity contribution in [2.24, 2.45) is 11.1 Å². The van der Waals surface area contributed by atoms with Gasteiger partial charge in [-0.25, -0.2) is 19.3 Å². The Morgan fingerprint density at radius 2 is 1.84 bits per heavy atom. The van der Waals surface area contributed by atoms with Crippen LogP contribution >= 0.6 is 0 Å². The fraction of sp³-hybridized carbons (Fsp3) is 0.423. The number of nitrogens with one attached hydrogen (secondary N) is 2. The zero-order valence-electron chi connectivity index (χ0n) is 21.3. The number of halogens is 1. The van der Waals surface area contributed by atoms with Crippen LogP contribution in [0.4, 0.5) is 10.3 Å². The predicted octanol–water partition coefficient (Wildman–Crippen LogP) is 3.11. The van der Waals surface area contributed by atoms with Gasteiger partial charge in [0.05, 0.1) is 30.3 Å². The van der Waals surface area contributed by atoms with Crippen LogP contribution in [0.15, 0.2) is 36.5 Å². The summed E-state index contributed by atoms with van der Waals surface area (Å²) in [5.74, 6) is -0.834. The molecule has 2 fully saturated rings. The summed E-state index contributed by atoms with van der Waals surface area (Å²) in [6.45, 7) is 5.55. The van der Waals surface area contributed by atoms with Gasteiger partial charge in [-0.05, 0) is 51.1 Å². The Kier molecular flexibility index (Phi) is 6.61. The Balaban J connectivity index is 1.40. The summed E-state index contributed by atoms with van der Waals surface area (Å²) in [6.07, 6.45) is 1.54. The van der Waals surface area contributed by atoms with Gasteiger partial charge in [0.15, 0.2) is 11.4 Å². The monoisotopic (exact) mass is 524 g/mol. The number of esters is 1. The molecule has 1 saturated carbocycles. The molecular formula is C26H29FN6O5. The first-order valence-electron chi connectivity index (χ1n) is 12.3. The molecule has 200 valence electrons. The van der Waals surface area contributed by atoms with Gasteiger partial charge in [0, 0.05) is 30.6 Å². The van der Waals surface area contributed by atoms with E-state index in [9.17, 15) is 14.0 Å². The summed E-state index contributed by atoms with van der Waals surface area (Å²) in [5, 5.41) is 3.17. The van der Waals surface area contributed by atoms with E-state index in [1.165, 1.54) is 12.1 Å². The quantitative estimate of drug-likeness (QED) is 0.377. The first-order chi connectivity index (χ1) is 18.1. The summed E-state index contributed by atoms with van der Waals surface area (Å²) >= 11 is 0. The van der Waals surface area contributed by atoms with E-state index in [1.807, 2.05) is 13.8 Å². The van der Waals surface area contributed by atoms with Gasteiger partial charge in [-0.3, -0.25) is 9.59 Å². The molecule has 0 bridgehead atoms. The van der Waals surface area contributed by atoms with Gasteiger partial charge in [0.1, 0.15) is 11.2 Å². The number of nitrogens with two attached hydrogens (primary N) is 1. The van der Waals surface area contributed by atoms with Crippen molar-refractivity contribution in [3.63, 3.8) is 0 Å². The molecule has 2 aromatic heterocycles. The Hall–Kier alpha value is -3.90. The van der Waals surface area contributed by atoms with Crippen molar-refractivity contribution in [3.05, 3.63) is 48.2 Å². The lowest BCUT2D eigenvalue weighted by Gasteiger charge is -2.35. The zero-order chi connectivity index (χ0) is 27.1. The summed E-state index contributed by atoms with van der Waals surface area (Å²) in [5.41, 5.74) is 5.34. The molecule has 1 amide bonds. The normalized spacial score (nSPS) is 22.2. The van der Waals surface area contributed by atoms with Crippen LogP contribution in [0.2, 0.25) is 0 Å². The number of benzene rings is 1. The van der Waals surface area contributed by atoms with Gasteiger partial charge in [0.25, 0.3) is 5.91 Å². The van der Waals surface area contributed by atoms with E-state index in [2.05, 4.69) is 20.3 Å². The van der Waals surface area contributed by atoms with Crippen LogP contribution in [0.5, 0.6) is 0 Å². The Morgan fingerprint density at radius 3 is 2.45 bits per heavy atom. The van der Waals surface area contributed by atoms with Gasteiger partial charge in [-0.1, -0.05) is 0 Å². The van der Waals surface area contributed by atoms with Crippen LogP contribution < -0.4 is 11.1 Å². The van der Waals surface area contributed by atoms with Gasteiger partial charge in [-0.2, -0.15) is 0 Å². The zero-order valence-corrected chi connectivity index (χ0v) is 21.3. The van der Waals surface area contributed by atoms with Crippen molar-refractivity contribution in [1.29, 1.82) is 0 Å². The molecule has 5 rings (SSSR count). The highest BCUT2D eigenvalue weighted by Crippen LogP contribution is 2.42. The molecule has 4 N–H and O–H groups in total. The Morgan fingerprint density at radius 1 is 1.16 bits per heavy atom. The van der Waals surface area contributed by atoms with Crippen LogP contribution in [-0.4, -0.2) is 56.7 Å². The molecule has 11 nitrogen and oxygen atoms in total. The maximum Gasteiger partial charge on any atom is 0.317 e. The number of carbonyl (C=O) groups is 2. The van der Waals surface area contributed by atoms with Crippen LogP contribution in [0.1, 0.15) is 45.7 Å². The molecule has 2 aliphatic rings. The lowest BCUT2D eigenvalue weighted by molar-refractivity contribution is -0.240. The van der Waals surface area contributed by atoms with E-state index in [1.54, 1.807) is 31.3 Å². The van der Waals surface area contributed by atoms with E-state index >= 15 is 0 Å². The fourth-order valence-electron chi connectivity index (χ4n) is 4.03. The predicted molar refractivity (Wildman–Crippen MR) is 134 cm³/mol. The highest BCUT2D eigenvalue weighted by atomic mass is 19.1. The number of amides is 1. The van der Waals surface area contributed by atoms with E-state index in [-0.39, 0.29) is 25.1 Å². The number of rotatable bonds is 8. The number of anilines is 1. The molecule has 1 aliphatic carbocycles. The van der Waals surface area contributed by atoms with Gasteiger partial charge < -0.3 is 30.2 Å². The van der Waals surface area contributed by atoms with Gasteiger partial charge in [-0.15, -0.1) is 0 Å². The van der Waals surface area contributed by atoms with Crippen molar-refractivity contribution in [2.45, 2.75) is 51.5 Å². The minimum Gasteiger partial charge on any atom is -0.448 e. The number of hydrogen-bond donors (Lipinski definition) is 3. The number of aromatic nitrogens is 4. The summed E-state index contributed by atoms with van der Waals surface area (Å²) < 4.78 is 30.8. The third-order valence-corrected chi connectivity index (χ3v) is 6.43. The van der Waals surface area contributed by atoms with Crippen LogP contribution in [0.3, 0.4) is 0 Å². The Bertz CT molecular complexity index is 1350. The van der Waals surface area contributed by atoms with Crippen molar-refractivity contribution < 1.29 is 28.2 Å². The van der Waals surface area contributed by atoms with Crippen LogP contribution in [-0.2, 0) is 23.8 Å². The topological polar surface area (TPSA) is 154 Å². The average Bonchev–Trinajstić information content (AvgIpc) is 3.54. The second-order valence-electron chi connectivity index (χ2n) is 10.2. The van der Waals surface area contributed by atoms with E-state index in [4.69, 9.17) is 24.9 Å². The third kappa shape index (κ3) is 5.09. The van der Waals surface area contributed by atoms with Gasteiger partial charge in [0.2, 0.25) is 12.2 Å². The Labute approximate surface area is 218 Å². The second-order valence-corrected chi connectivity index (χ2v) is 10.2. The van der Waals surface area contributed by atoms with Crippen molar-refractivity contribution in [2.75, 3.05) is 18.5 Å². The van der Waals surface area contributed by atoms with Gasteiger partial charge >= 0.3 is 5.97 Å². The minimum absolute atomic E-state index is 0.0246. The molecule has 38 heavy (non-hydrogen) atoms. The number of carbonyl (C=O) groups excluding carboxylic acids is 2. The largest absolute Gasteiger partial charge is 0.448 e. The van der Waals surface area contributed by atoms with Crippen molar-refractivity contribution >= 4 is 17.8 Å². The first kappa shape index (κ1) is 25.7. The molecule has 12 heteroatoms. The molecular weight excluding hydrogens is 495 g/mol. The van der Waals surface area contributed by atoms with E-state index in [0.29, 0.717) is 47.3 Å². The maximum absolute atomic E-state index is 13.6. The van der Waals surface area contributed by atoms with E-state index in [0.717, 1.165) is 0 Å². The molecule has 0 atom stereocenters. The number of primary amides is 1. The highest BCUT2D eigenvalue weighted by molar-refractivity contribution is 5.90. The maximum atomic E-state index is 13.6. The number of nitrogens with zero attached hydrogens (tertiary/aromatic N) is 3. The number of imidazole rings is 1. The number of ether oxygens (including phenoxy) is 3. The molecule has 0 spiro atoms. The summed E-state index contributed by atoms with van der Waals surface area (Å²) in [7, 11) is 0. The first-order valence-corrected chi connectivity index (χ1v) is 12.3. The smallest absolute Gasteiger partial charge is 0.317 e. The standard InChI is InChI=1S/C26H29FN6O5/c1-14(2)30-24-29-11-8-17(31-24)19-18(15-4-6-16(27)7-5-15)32-20(33-19)21-36-12-25(3,13-37-21)23(35)38-26(9-10-26)22(28)34/h4-8,11,14,21H,9-10,12-13H2,1-3H3,(H2,28,34)(H,32,33)(H,29,30,31). The molecule has 0 unspecified atom stereocenters. The third-order valence-electron chi connectivity index (χ3n) is 6.43. The average molecular weight is 525 g/mol. The number of aromatic amines is 1. The second kappa shape index (κ2) is 9.76. The number of hydrogen-bond acceptors (Lipinski definition) is 9. The molecule has 1 aliphatic heterocycles. The molecule has 1 saturated heterocycles. The highest BCUT2D eigenvalue weighted by Gasteiger charge is 2.55. The van der Waals surface area contributed by atoms with Crippen molar-refractivity contribution in [3.8, 4) is 22.6 Å². The molecule has 3 heterocycles. The number of H-pyrrole nitrogens is 1. The van der Waals surface area contributed by atoms with E-state index < -0.39 is 29.2 Å².